The van der Waals surface area contributed by atoms with E-state index in [1.54, 1.807) is 5.01 Å². The quantitative estimate of drug-likeness (QED) is 0.823. The van der Waals surface area contributed by atoms with Crippen LogP contribution in [0.3, 0.4) is 0 Å². The summed E-state index contributed by atoms with van der Waals surface area (Å²) in [5.41, 5.74) is 8.46. The molecule has 2 aromatic rings. The van der Waals surface area contributed by atoms with E-state index in [0.717, 1.165) is 16.8 Å². The number of benzene rings is 2. The first-order valence-corrected chi connectivity index (χ1v) is 8.99. The van der Waals surface area contributed by atoms with Gasteiger partial charge in [0.15, 0.2) is 0 Å². The average molecular weight is 366 g/mol. The monoisotopic (exact) mass is 366 g/mol. The van der Waals surface area contributed by atoms with E-state index in [1.165, 1.54) is 0 Å². The van der Waals surface area contributed by atoms with E-state index >= 15 is 0 Å². The van der Waals surface area contributed by atoms with Crippen LogP contribution < -0.4 is 16.1 Å². The second kappa shape index (κ2) is 7.80. The van der Waals surface area contributed by atoms with Gasteiger partial charge in [0.05, 0.1) is 18.9 Å². The lowest BCUT2D eigenvalue weighted by Gasteiger charge is -2.24. The molecule has 6 heteroatoms. The molecular formula is C21H26N4O2. The summed E-state index contributed by atoms with van der Waals surface area (Å²) in [6.07, 6.45) is -0.292. The predicted molar refractivity (Wildman–Crippen MR) is 107 cm³/mol. The van der Waals surface area contributed by atoms with E-state index in [9.17, 15) is 4.79 Å². The highest BCUT2D eigenvalue weighted by atomic mass is 16.5. The van der Waals surface area contributed by atoms with Crippen LogP contribution in [0.15, 0.2) is 59.7 Å². The molecular weight excluding hydrogens is 340 g/mol. The number of carbonyl (C=O) groups excluding carboxylic acids is 1. The minimum atomic E-state index is -0.580. The van der Waals surface area contributed by atoms with Gasteiger partial charge in [-0.1, -0.05) is 63.2 Å². The van der Waals surface area contributed by atoms with Crippen molar-refractivity contribution < 1.29 is 9.53 Å². The van der Waals surface area contributed by atoms with Crippen molar-refractivity contribution in [3.63, 3.8) is 0 Å². The Morgan fingerprint density at radius 3 is 2.59 bits per heavy atom. The number of carbonyl (C=O) groups is 1. The third-order valence-corrected chi connectivity index (χ3v) is 4.05. The zero-order valence-electron chi connectivity index (χ0n) is 16.0. The van der Waals surface area contributed by atoms with Gasteiger partial charge < -0.3 is 15.8 Å². The Hall–Kier alpha value is -2.86. The average Bonchev–Trinajstić information content (AvgIpc) is 3.07. The second-order valence-electron chi connectivity index (χ2n) is 7.84. The van der Waals surface area contributed by atoms with Crippen molar-refractivity contribution >= 4 is 17.4 Å². The fourth-order valence-electron chi connectivity index (χ4n) is 2.84. The molecule has 1 amide bonds. The van der Waals surface area contributed by atoms with Gasteiger partial charge in [-0.25, -0.2) is 5.01 Å². The summed E-state index contributed by atoms with van der Waals surface area (Å²) in [6.45, 7) is 7.63. The van der Waals surface area contributed by atoms with Gasteiger partial charge in [0.2, 0.25) is 5.84 Å². The van der Waals surface area contributed by atoms with Gasteiger partial charge in [-0.3, -0.25) is 4.79 Å². The molecule has 0 spiro atoms. The highest BCUT2D eigenvalue weighted by molar-refractivity contribution is 6.38. The number of rotatable bonds is 6. The number of nitrogens with two attached hydrogens (primary N) is 1. The van der Waals surface area contributed by atoms with Crippen LogP contribution in [0.4, 0.5) is 5.69 Å². The third kappa shape index (κ3) is 4.86. The van der Waals surface area contributed by atoms with E-state index in [2.05, 4.69) is 31.2 Å². The number of nitrogens with zero attached hydrogens (tertiary/aromatic N) is 2. The maximum atomic E-state index is 11.6. The van der Waals surface area contributed by atoms with Gasteiger partial charge in [0.25, 0.3) is 5.91 Å². The molecule has 1 unspecified atom stereocenters. The van der Waals surface area contributed by atoms with Crippen molar-refractivity contribution in [1.29, 1.82) is 0 Å². The molecule has 1 aliphatic heterocycles. The number of hydrogen-bond acceptors (Lipinski definition) is 5. The number of primary amides is 1. The van der Waals surface area contributed by atoms with Crippen LogP contribution in [-0.2, 0) is 16.1 Å². The van der Waals surface area contributed by atoms with Crippen molar-refractivity contribution in [2.75, 3.05) is 11.6 Å². The Labute approximate surface area is 160 Å². The molecule has 0 aliphatic carbocycles. The van der Waals surface area contributed by atoms with Crippen LogP contribution in [-0.4, -0.2) is 18.3 Å². The molecule has 0 fully saturated rings. The first kappa shape index (κ1) is 18.9. The number of ether oxygens (including phenoxy) is 1. The maximum Gasteiger partial charge on any atom is 0.286 e. The molecule has 2 aromatic carbocycles. The Morgan fingerprint density at radius 2 is 1.93 bits per heavy atom. The molecule has 0 radical (unpaired) electrons. The lowest BCUT2D eigenvalue weighted by molar-refractivity contribution is -0.112. The number of amides is 1. The highest BCUT2D eigenvalue weighted by Crippen LogP contribution is 2.30. The zero-order chi connectivity index (χ0) is 19.4. The number of nitrogens with one attached hydrogen (secondary N) is 1. The topological polar surface area (TPSA) is 79.9 Å². The standard InChI is InChI=1S/C21H26N4O2/c1-21(2,3)14-27-13-15-8-7-11-17(12-15)25-20(16-9-5-4-6-10-16)23-19(24-25)18(22)26/h4-12,20H,13-14H2,1-3H3,(H2,22,26)(H,23,24). The predicted octanol–water partition coefficient (Wildman–Crippen LogP) is 3.16. The smallest absolute Gasteiger partial charge is 0.286 e. The van der Waals surface area contributed by atoms with Gasteiger partial charge in [-0.15, -0.1) is 5.10 Å². The third-order valence-electron chi connectivity index (χ3n) is 4.05. The number of anilines is 1. The number of amidine groups is 1. The summed E-state index contributed by atoms with van der Waals surface area (Å²) in [6, 6.07) is 17.8. The largest absolute Gasteiger partial charge is 0.376 e. The molecule has 0 saturated carbocycles. The minimum Gasteiger partial charge on any atom is -0.376 e. The molecule has 142 valence electrons. The number of hydrogen-bond donors (Lipinski definition) is 2. The van der Waals surface area contributed by atoms with Crippen LogP contribution in [0.2, 0.25) is 0 Å². The fraction of sp³-hybridized carbons (Fsp3) is 0.333. The summed E-state index contributed by atoms with van der Waals surface area (Å²) < 4.78 is 5.83. The Balaban J connectivity index is 1.83. The van der Waals surface area contributed by atoms with Crippen LogP contribution in [0, 0.1) is 5.41 Å². The summed E-state index contributed by atoms with van der Waals surface area (Å²) >= 11 is 0. The van der Waals surface area contributed by atoms with E-state index in [4.69, 9.17) is 10.5 Å². The lowest BCUT2D eigenvalue weighted by atomic mass is 9.99. The first-order valence-electron chi connectivity index (χ1n) is 8.99. The van der Waals surface area contributed by atoms with Crippen LogP contribution in [0.25, 0.3) is 0 Å². The van der Waals surface area contributed by atoms with Crippen molar-refractivity contribution in [1.82, 2.24) is 5.32 Å². The van der Waals surface area contributed by atoms with Crippen molar-refractivity contribution in [2.45, 2.75) is 33.5 Å². The van der Waals surface area contributed by atoms with Crippen LogP contribution in [0.1, 0.15) is 38.1 Å². The zero-order valence-corrected chi connectivity index (χ0v) is 16.0. The first-order chi connectivity index (χ1) is 12.8. The second-order valence-corrected chi connectivity index (χ2v) is 7.84. The van der Waals surface area contributed by atoms with E-state index in [0.29, 0.717) is 13.2 Å². The van der Waals surface area contributed by atoms with Gasteiger partial charge in [0.1, 0.15) is 6.17 Å². The summed E-state index contributed by atoms with van der Waals surface area (Å²) in [7, 11) is 0. The molecule has 27 heavy (non-hydrogen) atoms. The summed E-state index contributed by atoms with van der Waals surface area (Å²) in [5, 5.41) is 9.29. The van der Waals surface area contributed by atoms with Gasteiger partial charge in [-0.05, 0) is 28.7 Å². The molecule has 6 nitrogen and oxygen atoms in total. The number of hydrazone groups is 1. The Kier molecular flexibility index (Phi) is 5.46. The van der Waals surface area contributed by atoms with Gasteiger partial charge >= 0.3 is 0 Å². The molecule has 3 rings (SSSR count). The molecule has 0 saturated heterocycles. The maximum absolute atomic E-state index is 11.6. The summed E-state index contributed by atoms with van der Waals surface area (Å²) in [5.74, 6) is -0.429. The van der Waals surface area contributed by atoms with Gasteiger partial charge in [-0.2, -0.15) is 0 Å². The molecule has 0 bridgehead atoms. The van der Waals surface area contributed by atoms with Gasteiger partial charge in [0, 0.05) is 0 Å². The SMILES string of the molecule is CC(C)(C)COCc1cccc(N2N=C(C(N)=O)NC2c2ccccc2)c1. The fourth-order valence-corrected chi connectivity index (χ4v) is 2.84. The van der Waals surface area contributed by atoms with Crippen LogP contribution >= 0.6 is 0 Å². The lowest BCUT2D eigenvalue weighted by Crippen LogP contribution is -2.36. The molecule has 1 aliphatic rings. The summed E-state index contributed by atoms with van der Waals surface area (Å²) in [4.78, 5) is 11.6. The van der Waals surface area contributed by atoms with Crippen molar-refractivity contribution in [3.05, 3.63) is 65.7 Å². The molecule has 1 atom stereocenters. The normalized spacial score (nSPS) is 16.8. The Morgan fingerprint density at radius 1 is 1.19 bits per heavy atom. The van der Waals surface area contributed by atoms with E-state index in [1.807, 2.05) is 54.6 Å². The van der Waals surface area contributed by atoms with Crippen molar-refractivity contribution in [2.24, 2.45) is 16.3 Å². The Bertz CT molecular complexity index is 828. The van der Waals surface area contributed by atoms with Crippen molar-refractivity contribution in [3.8, 4) is 0 Å². The minimum absolute atomic E-state index is 0.121. The molecule has 0 aromatic heterocycles. The molecule has 3 N–H and O–H groups in total. The van der Waals surface area contributed by atoms with Crippen LogP contribution in [0.5, 0.6) is 0 Å². The highest BCUT2D eigenvalue weighted by Gasteiger charge is 2.30. The molecule has 1 heterocycles. The van der Waals surface area contributed by atoms with E-state index in [-0.39, 0.29) is 17.4 Å². The van der Waals surface area contributed by atoms with E-state index < -0.39 is 5.91 Å².